The molecule has 0 amide bonds. The number of benzene rings is 2. The molecule has 1 aliphatic heterocycles. The van der Waals surface area contributed by atoms with E-state index in [-0.39, 0.29) is 18.8 Å². The summed E-state index contributed by atoms with van der Waals surface area (Å²) in [5, 5.41) is 0. The number of carbonyl (C=O) groups is 1. The van der Waals surface area contributed by atoms with Crippen LogP contribution in [0.15, 0.2) is 61.9 Å². The Hall–Kier alpha value is -3.61. The van der Waals surface area contributed by atoms with Gasteiger partial charge in [-0.1, -0.05) is 55.4 Å². The van der Waals surface area contributed by atoms with Crippen molar-refractivity contribution in [1.82, 2.24) is 4.57 Å². The zero-order valence-corrected chi connectivity index (χ0v) is 24.8. The molecule has 39 heavy (non-hydrogen) atoms. The topological polar surface area (TPSA) is 79.1 Å². The van der Waals surface area contributed by atoms with E-state index in [0.717, 1.165) is 11.1 Å². The highest BCUT2D eigenvalue weighted by atomic mass is 79.9. The van der Waals surface area contributed by atoms with Crippen LogP contribution in [0.2, 0.25) is 0 Å². The van der Waals surface area contributed by atoms with Gasteiger partial charge in [0.1, 0.15) is 6.61 Å². The van der Waals surface area contributed by atoms with Crippen LogP contribution in [0.3, 0.4) is 0 Å². The standard InChI is InChI=1S/C30H29BrN2O5S/c1-7-13-38-27-22(31)14-19(15-23(27)36-6)16-24-28(34)33-26(21-11-9-20(10-12-21)17(3)4)25(29(35)37-8-2)18(5)32-30(33)39-24/h1,9-12,14-17,26H,8,13H2,2-6H3/t26-/m0/s1. The van der Waals surface area contributed by atoms with Crippen LogP contribution < -0.4 is 24.4 Å². The number of nitrogens with zero attached hydrogens (tertiary/aromatic N) is 2. The smallest absolute Gasteiger partial charge is 0.338 e. The van der Waals surface area contributed by atoms with Crippen LogP contribution in [0.4, 0.5) is 0 Å². The maximum absolute atomic E-state index is 13.9. The van der Waals surface area contributed by atoms with E-state index in [1.807, 2.05) is 30.3 Å². The number of carbonyl (C=O) groups excluding carboxylic acids is 1. The summed E-state index contributed by atoms with van der Waals surface area (Å²) in [5.41, 5.74) is 3.32. The number of fused-ring (bicyclic) bond motifs is 1. The van der Waals surface area contributed by atoms with Crippen LogP contribution in [0, 0.1) is 12.3 Å². The second kappa shape index (κ2) is 12.1. The molecule has 2 aromatic carbocycles. The van der Waals surface area contributed by atoms with Gasteiger partial charge in [0.15, 0.2) is 16.3 Å². The van der Waals surface area contributed by atoms with Gasteiger partial charge in [0.2, 0.25) is 0 Å². The van der Waals surface area contributed by atoms with Crippen molar-refractivity contribution in [3.05, 3.63) is 88.5 Å². The summed E-state index contributed by atoms with van der Waals surface area (Å²) in [6.07, 6.45) is 7.10. The molecule has 9 heteroatoms. The molecule has 3 aromatic rings. The van der Waals surface area contributed by atoms with Gasteiger partial charge in [-0.2, -0.15) is 0 Å². The molecule has 0 radical (unpaired) electrons. The molecule has 2 heterocycles. The van der Waals surface area contributed by atoms with Crippen molar-refractivity contribution in [3.63, 3.8) is 0 Å². The lowest BCUT2D eigenvalue weighted by molar-refractivity contribution is -0.139. The van der Waals surface area contributed by atoms with E-state index in [1.165, 1.54) is 24.0 Å². The van der Waals surface area contributed by atoms with Crippen molar-refractivity contribution in [2.75, 3.05) is 20.3 Å². The van der Waals surface area contributed by atoms with Gasteiger partial charge in [-0.3, -0.25) is 9.36 Å². The molecule has 0 saturated carbocycles. The number of thiazole rings is 1. The molecule has 0 fully saturated rings. The fourth-order valence-corrected chi connectivity index (χ4v) is 6.02. The van der Waals surface area contributed by atoms with Crippen molar-refractivity contribution in [2.24, 2.45) is 4.99 Å². The number of allylic oxidation sites excluding steroid dienone is 1. The summed E-state index contributed by atoms with van der Waals surface area (Å²) in [6, 6.07) is 10.9. The molecule has 1 aromatic heterocycles. The Balaban J connectivity index is 1.90. The zero-order valence-electron chi connectivity index (χ0n) is 22.4. The van der Waals surface area contributed by atoms with E-state index in [4.69, 9.17) is 20.6 Å². The number of hydrogen-bond donors (Lipinski definition) is 0. The van der Waals surface area contributed by atoms with Crippen molar-refractivity contribution in [2.45, 2.75) is 39.7 Å². The number of esters is 1. The summed E-state index contributed by atoms with van der Waals surface area (Å²) < 4.78 is 19.2. The quantitative estimate of drug-likeness (QED) is 0.273. The minimum atomic E-state index is -0.663. The Morgan fingerprint density at radius 1 is 1.28 bits per heavy atom. The zero-order chi connectivity index (χ0) is 28.3. The number of methoxy groups -OCH3 is 1. The molecule has 0 bridgehead atoms. The lowest BCUT2D eigenvalue weighted by Crippen LogP contribution is -2.39. The van der Waals surface area contributed by atoms with E-state index in [2.05, 4.69) is 40.7 Å². The number of rotatable bonds is 8. The van der Waals surface area contributed by atoms with Gasteiger partial charge in [0, 0.05) is 0 Å². The van der Waals surface area contributed by atoms with Crippen molar-refractivity contribution >= 4 is 39.3 Å². The van der Waals surface area contributed by atoms with Crippen molar-refractivity contribution in [3.8, 4) is 23.8 Å². The fraction of sp³-hybridized carbons (Fsp3) is 0.300. The number of halogens is 1. The molecule has 0 aliphatic carbocycles. The molecule has 0 N–H and O–H groups in total. The maximum Gasteiger partial charge on any atom is 0.338 e. The first-order valence-electron chi connectivity index (χ1n) is 12.4. The summed E-state index contributed by atoms with van der Waals surface area (Å²) in [5.74, 6) is 3.26. The highest BCUT2D eigenvalue weighted by Crippen LogP contribution is 2.37. The van der Waals surface area contributed by atoms with Crippen LogP contribution in [0.1, 0.15) is 56.3 Å². The minimum Gasteiger partial charge on any atom is -0.493 e. The van der Waals surface area contributed by atoms with Crippen molar-refractivity contribution < 1.29 is 19.0 Å². The largest absolute Gasteiger partial charge is 0.493 e. The molecule has 4 rings (SSSR count). The predicted octanol–water partition coefficient (Wildman–Crippen LogP) is 4.70. The molecular weight excluding hydrogens is 580 g/mol. The van der Waals surface area contributed by atoms with Crippen LogP contribution in [-0.4, -0.2) is 30.9 Å². The summed E-state index contributed by atoms with van der Waals surface area (Å²) in [7, 11) is 1.53. The third-order valence-corrected chi connectivity index (χ3v) is 7.86. The maximum atomic E-state index is 13.9. The van der Waals surface area contributed by atoms with Crippen LogP contribution in [-0.2, 0) is 9.53 Å². The summed E-state index contributed by atoms with van der Waals surface area (Å²) in [6.45, 7) is 8.07. The third kappa shape index (κ3) is 5.72. The normalized spacial score (nSPS) is 15.0. The summed E-state index contributed by atoms with van der Waals surface area (Å²) in [4.78, 5) is 32.1. The van der Waals surface area contributed by atoms with Gasteiger partial charge in [-0.05, 0) is 70.6 Å². The molecule has 1 atom stereocenters. The average Bonchev–Trinajstić information content (AvgIpc) is 3.21. The second-order valence-electron chi connectivity index (χ2n) is 9.15. The van der Waals surface area contributed by atoms with E-state index in [0.29, 0.717) is 42.5 Å². The molecule has 7 nitrogen and oxygen atoms in total. The predicted molar refractivity (Wildman–Crippen MR) is 156 cm³/mol. The van der Waals surface area contributed by atoms with E-state index < -0.39 is 12.0 Å². The lowest BCUT2D eigenvalue weighted by Gasteiger charge is -2.25. The fourth-order valence-electron chi connectivity index (χ4n) is 4.40. The molecule has 0 saturated heterocycles. The van der Waals surface area contributed by atoms with Gasteiger partial charge in [0.25, 0.3) is 5.56 Å². The monoisotopic (exact) mass is 608 g/mol. The second-order valence-corrected chi connectivity index (χ2v) is 11.0. The van der Waals surface area contributed by atoms with Crippen molar-refractivity contribution in [1.29, 1.82) is 0 Å². The first-order chi connectivity index (χ1) is 18.7. The average molecular weight is 610 g/mol. The Labute approximate surface area is 239 Å². The van der Waals surface area contributed by atoms with E-state index >= 15 is 0 Å². The number of hydrogen-bond acceptors (Lipinski definition) is 7. The SMILES string of the molecule is C#CCOc1c(Br)cc(C=c2sc3n(c2=O)[C@@H](c2ccc(C(C)C)cc2)C(C(=O)OCC)=C(C)N=3)cc1OC. The molecular formula is C30H29BrN2O5S. The number of terminal acetylenes is 1. The van der Waals surface area contributed by atoms with Crippen LogP contribution in [0.5, 0.6) is 11.5 Å². The molecule has 202 valence electrons. The minimum absolute atomic E-state index is 0.0905. The van der Waals surface area contributed by atoms with Gasteiger partial charge >= 0.3 is 5.97 Å². The highest BCUT2D eigenvalue weighted by Gasteiger charge is 2.33. The van der Waals surface area contributed by atoms with E-state index in [9.17, 15) is 9.59 Å². The first-order valence-corrected chi connectivity index (χ1v) is 14.0. The van der Waals surface area contributed by atoms with E-state index in [1.54, 1.807) is 30.6 Å². The first kappa shape index (κ1) is 28.4. The lowest BCUT2D eigenvalue weighted by atomic mass is 9.93. The van der Waals surface area contributed by atoms with Gasteiger partial charge in [-0.15, -0.1) is 6.42 Å². The third-order valence-electron chi connectivity index (χ3n) is 6.29. The molecule has 0 spiro atoms. The van der Waals surface area contributed by atoms with Crippen LogP contribution >= 0.6 is 27.3 Å². The Morgan fingerprint density at radius 3 is 2.62 bits per heavy atom. The number of ether oxygens (including phenoxy) is 3. The Morgan fingerprint density at radius 2 is 2.00 bits per heavy atom. The van der Waals surface area contributed by atoms with Gasteiger partial charge in [0.05, 0.1) is 40.0 Å². The highest BCUT2D eigenvalue weighted by molar-refractivity contribution is 9.10. The molecule has 0 unspecified atom stereocenters. The van der Waals surface area contributed by atoms with Gasteiger partial charge < -0.3 is 14.2 Å². The summed E-state index contributed by atoms with van der Waals surface area (Å²) >= 11 is 4.77. The van der Waals surface area contributed by atoms with Crippen LogP contribution in [0.25, 0.3) is 6.08 Å². The molecule has 1 aliphatic rings. The Bertz CT molecular complexity index is 1660. The number of aromatic nitrogens is 1. The van der Waals surface area contributed by atoms with Gasteiger partial charge in [-0.25, -0.2) is 9.79 Å². The Kier molecular flexibility index (Phi) is 8.78.